The Kier molecular flexibility index (Phi) is 8.30. The van der Waals surface area contributed by atoms with E-state index >= 15 is 0 Å². The molecule has 1 saturated heterocycles. The van der Waals surface area contributed by atoms with Gasteiger partial charge >= 0.3 is 0 Å². The maximum Gasteiger partial charge on any atom is 0.259 e. The number of carbonyl (C=O) groups excluding carboxylic acids is 2. The Hall–Kier alpha value is -3.22. The number of amides is 2. The zero-order valence-corrected chi connectivity index (χ0v) is 21.6. The van der Waals surface area contributed by atoms with E-state index in [2.05, 4.69) is 26.6 Å². The third kappa shape index (κ3) is 5.86. The van der Waals surface area contributed by atoms with Gasteiger partial charge in [-0.2, -0.15) is 0 Å². The third-order valence-electron chi connectivity index (χ3n) is 5.99. The first-order chi connectivity index (χ1) is 17.7. The van der Waals surface area contributed by atoms with Crippen LogP contribution in [0.4, 0.5) is 5.69 Å². The molecule has 0 aromatic heterocycles. The number of methoxy groups -OCH3 is 1. The lowest BCUT2D eigenvalue weighted by molar-refractivity contribution is -0.244. The van der Waals surface area contributed by atoms with E-state index in [1.165, 1.54) is 14.0 Å². The van der Waals surface area contributed by atoms with Crippen LogP contribution in [0.15, 0.2) is 59.1 Å². The van der Waals surface area contributed by atoms with Gasteiger partial charge in [0.25, 0.3) is 5.91 Å². The summed E-state index contributed by atoms with van der Waals surface area (Å²) < 4.78 is 17.9. The van der Waals surface area contributed by atoms with Crippen molar-refractivity contribution in [3.05, 3.63) is 64.6 Å². The summed E-state index contributed by atoms with van der Waals surface area (Å²) in [4.78, 5) is 25.3. The number of para-hydroxylation sites is 2. The second kappa shape index (κ2) is 11.4. The summed E-state index contributed by atoms with van der Waals surface area (Å²) in [6, 6.07) is 14.5. The number of halogens is 1. The fraction of sp³-hybridized carbons (Fsp3) is 0.308. The molecule has 0 aliphatic carbocycles. The number of ether oxygens (including phenoxy) is 3. The number of aliphatic hydroxyl groups excluding tert-OH is 3. The van der Waals surface area contributed by atoms with Crippen molar-refractivity contribution in [2.24, 2.45) is 0 Å². The molecule has 0 saturated carbocycles. The summed E-state index contributed by atoms with van der Waals surface area (Å²) in [7, 11) is 1.49. The van der Waals surface area contributed by atoms with Crippen molar-refractivity contribution in [1.29, 1.82) is 0 Å². The smallest absolute Gasteiger partial charge is 0.259 e. The third-order valence-corrected chi connectivity index (χ3v) is 6.49. The highest BCUT2D eigenvalue weighted by Crippen LogP contribution is 2.33. The number of hydrogen-bond donors (Lipinski definition) is 5. The van der Waals surface area contributed by atoms with Crippen LogP contribution in [-0.2, 0) is 9.53 Å². The van der Waals surface area contributed by atoms with Gasteiger partial charge in [0.05, 0.1) is 25.0 Å². The number of nitrogens with one attached hydrogen (secondary N) is 2. The Morgan fingerprint density at radius 2 is 1.78 bits per heavy atom. The molecule has 10 nitrogen and oxygen atoms in total. The first kappa shape index (κ1) is 26.8. The van der Waals surface area contributed by atoms with Crippen molar-refractivity contribution < 1.29 is 39.1 Å². The minimum atomic E-state index is -1.50. The van der Waals surface area contributed by atoms with E-state index in [-0.39, 0.29) is 11.3 Å². The number of fused-ring (bicyclic) bond motifs is 1. The Bertz CT molecular complexity index is 1300. The maximum atomic E-state index is 13.5. The molecule has 2 amide bonds. The monoisotopic (exact) mass is 574 g/mol. The van der Waals surface area contributed by atoms with Crippen molar-refractivity contribution in [3.8, 4) is 11.5 Å². The molecule has 11 heteroatoms. The van der Waals surface area contributed by atoms with Crippen molar-refractivity contribution in [2.45, 2.75) is 37.6 Å². The van der Waals surface area contributed by atoms with Gasteiger partial charge < -0.3 is 40.2 Å². The summed E-state index contributed by atoms with van der Waals surface area (Å²) in [6.45, 7) is 0.645. The molecule has 5 atom stereocenters. The van der Waals surface area contributed by atoms with Gasteiger partial charge in [0.1, 0.15) is 35.9 Å². The van der Waals surface area contributed by atoms with Crippen LogP contribution in [0.2, 0.25) is 0 Å². The highest BCUT2D eigenvalue weighted by Gasteiger charge is 2.46. The van der Waals surface area contributed by atoms with Crippen molar-refractivity contribution in [3.63, 3.8) is 0 Å². The second-order valence-corrected chi connectivity index (χ2v) is 9.46. The summed E-state index contributed by atoms with van der Waals surface area (Å²) in [6.07, 6.45) is -5.47. The number of benzene rings is 3. The van der Waals surface area contributed by atoms with E-state index in [9.17, 15) is 24.9 Å². The van der Waals surface area contributed by atoms with Gasteiger partial charge in [0.2, 0.25) is 12.2 Å². The number of anilines is 1. The summed E-state index contributed by atoms with van der Waals surface area (Å²) >= 11 is 3.44. The molecule has 1 fully saturated rings. The summed E-state index contributed by atoms with van der Waals surface area (Å²) in [5, 5.41) is 37.4. The Balaban J connectivity index is 1.75. The molecule has 0 radical (unpaired) electrons. The van der Waals surface area contributed by atoms with Crippen molar-refractivity contribution in [2.75, 3.05) is 19.0 Å². The van der Waals surface area contributed by atoms with Crippen LogP contribution in [0.25, 0.3) is 10.8 Å². The predicted molar refractivity (Wildman–Crippen MR) is 139 cm³/mol. The molecule has 5 N–H and O–H groups in total. The van der Waals surface area contributed by atoms with E-state index < -0.39 is 49.1 Å². The van der Waals surface area contributed by atoms with E-state index in [0.29, 0.717) is 11.4 Å². The molecular formula is C26H27BrN2O8. The first-order valence-electron chi connectivity index (χ1n) is 11.5. The quantitative estimate of drug-likeness (QED) is 0.288. The number of carbonyl (C=O) groups is 2. The van der Waals surface area contributed by atoms with Crippen LogP contribution in [0, 0.1) is 0 Å². The molecule has 1 heterocycles. The lowest BCUT2D eigenvalue weighted by atomic mass is 9.96. The number of aliphatic hydroxyl groups is 3. The average Bonchev–Trinajstić information content (AvgIpc) is 2.88. The molecule has 196 valence electrons. The van der Waals surface area contributed by atoms with Crippen LogP contribution >= 0.6 is 15.9 Å². The van der Waals surface area contributed by atoms with Gasteiger partial charge in [0.15, 0.2) is 0 Å². The maximum absolute atomic E-state index is 13.5. The summed E-state index contributed by atoms with van der Waals surface area (Å²) in [5.74, 6) is -0.435. The normalized spacial score (nSPS) is 23.4. The van der Waals surface area contributed by atoms with Gasteiger partial charge in [-0.1, -0.05) is 34.1 Å². The van der Waals surface area contributed by atoms with E-state index in [1.807, 2.05) is 18.2 Å². The zero-order valence-electron chi connectivity index (χ0n) is 20.1. The topological polar surface area (TPSA) is 147 Å². The molecule has 1 aliphatic heterocycles. The van der Waals surface area contributed by atoms with Crippen LogP contribution in [0.3, 0.4) is 0 Å². The highest BCUT2D eigenvalue weighted by atomic mass is 79.9. The Morgan fingerprint density at radius 1 is 1.03 bits per heavy atom. The van der Waals surface area contributed by atoms with Gasteiger partial charge in [-0.3, -0.25) is 9.59 Å². The Morgan fingerprint density at radius 3 is 2.49 bits per heavy atom. The largest absolute Gasteiger partial charge is 0.495 e. The highest BCUT2D eigenvalue weighted by molar-refractivity contribution is 9.10. The minimum absolute atomic E-state index is 0.0999. The average molecular weight is 575 g/mol. The van der Waals surface area contributed by atoms with Crippen molar-refractivity contribution >= 4 is 44.2 Å². The van der Waals surface area contributed by atoms with Gasteiger partial charge in [-0.25, -0.2) is 0 Å². The predicted octanol–water partition coefficient (Wildman–Crippen LogP) is 2.19. The number of rotatable bonds is 7. The molecular weight excluding hydrogens is 548 g/mol. The molecule has 4 rings (SSSR count). The van der Waals surface area contributed by atoms with Crippen molar-refractivity contribution in [1.82, 2.24) is 5.32 Å². The molecule has 3 aromatic carbocycles. The standard InChI is InChI=1S/C26H27BrN2O8/c1-13(31)28-22-24(33)23(32)21(12-30)37-26(22)36-20-11-14-7-8-16(27)9-15(14)10-17(20)25(34)29-18-5-3-4-6-19(18)35-2/h3-11,21-24,26,30,32-33H,12H2,1-2H3,(H,28,31)(H,29,34)/t21-,22-,23+,24+,26-/m1/s1. The van der Waals surface area contributed by atoms with E-state index in [0.717, 1.165) is 15.2 Å². The second-order valence-electron chi connectivity index (χ2n) is 8.55. The molecule has 3 aromatic rings. The minimum Gasteiger partial charge on any atom is -0.495 e. The van der Waals surface area contributed by atoms with Crippen LogP contribution in [0.1, 0.15) is 17.3 Å². The van der Waals surface area contributed by atoms with E-state index in [4.69, 9.17) is 14.2 Å². The molecule has 0 unspecified atom stereocenters. The van der Waals surface area contributed by atoms with Gasteiger partial charge in [-0.15, -0.1) is 0 Å². The number of hydrogen-bond acceptors (Lipinski definition) is 8. The lowest BCUT2D eigenvalue weighted by Crippen LogP contribution is -2.65. The zero-order chi connectivity index (χ0) is 26.7. The molecule has 0 spiro atoms. The van der Waals surface area contributed by atoms with Crippen LogP contribution in [0.5, 0.6) is 11.5 Å². The van der Waals surface area contributed by atoms with Crippen LogP contribution < -0.4 is 20.1 Å². The lowest BCUT2D eigenvalue weighted by Gasteiger charge is -2.42. The summed E-state index contributed by atoms with van der Waals surface area (Å²) in [5.41, 5.74) is 0.585. The van der Waals surface area contributed by atoms with Gasteiger partial charge in [-0.05, 0) is 47.2 Å². The fourth-order valence-corrected chi connectivity index (χ4v) is 4.54. The molecule has 37 heavy (non-hydrogen) atoms. The Labute approximate surface area is 221 Å². The van der Waals surface area contributed by atoms with E-state index in [1.54, 1.807) is 36.4 Å². The SMILES string of the molecule is COc1ccccc1NC(=O)c1cc2cc(Br)ccc2cc1O[C@@H]1O[C@H](CO)[C@H](O)[C@@H](O)[C@H]1NC(C)=O. The fourth-order valence-electron chi connectivity index (χ4n) is 4.16. The van der Waals surface area contributed by atoms with Gasteiger partial charge in [0, 0.05) is 11.4 Å². The molecule has 0 bridgehead atoms. The first-order valence-corrected chi connectivity index (χ1v) is 12.2. The molecule has 1 aliphatic rings. The van der Waals surface area contributed by atoms with Crippen LogP contribution in [-0.4, -0.2) is 71.5 Å².